The fourth-order valence-electron chi connectivity index (χ4n) is 3.36. The van der Waals surface area contributed by atoms with E-state index in [9.17, 15) is 19.1 Å². The number of hydrogen-bond donors (Lipinski definition) is 1. The van der Waals surface area contributed by atoms with Crippen molar-refractivity contribution in [2.45, 2.75) is 6.04 Å². The number of methoxy groups -OCH3 is 1. The van der Waals surface area contributed by atoms with Gasteiger partial charge in [0.25, 0.3) is 5.91 Å². The second kappa shape index (κ2) is 7.27. The third-order valence-electron chi connectivity index (χ3n) is 4.71. The Kier molecular flexibility index (Phi) is 4.64. The van der Waals surface area contributed by atoms with Crippen LogP contribution in [0.5, 0.6) is 5.75 Å². The van der Waals surface area contributed by atoms with Crippen molar-refractivity contribution in [3.8, 4) is 5.75 Å². The van der Waals surface area contributed by atoms with Crippen LogP contribution in [0.4, 0.5) is 10.1 Å². The molecule has 2 aromatic carbocycles. The normalized spacial score (nSPS) is 16.4. The van der Waals surface area contributed by atoms with Gasteiger partial charge >= 0.3 is 0 Å². The minimum absolute atomic E-state index is 0.0149. The summed E-state index contributed by atoms with van der Waals surface area (Å²) in [5.74, 6) is -2.03. The van der Waals surface area contributed by atoms with Crippen molar-refractivity contribution in [3.05, 3.63) is 95.4 Å². The summed E-state index contributed by atoms with van der Waals surface area (Å²) in [5.41, 5.74) is 0.735. The molecule has 0 aliphatic carbocycles. The number of Topliss-reactive ketones (excluding diaryl/α,β-unsaturated/α-hetero) is 1. The summed E-state index contributed by atoms with van der Waals surface area (Å²) < 4.78 is 23.9. The van der Waals surface area contributed by atoms with Crippen LogP contribution in [0.25, 0.3) is 0 Å². The number of nitrogens with zero attached hydrogens (tertiary/aromatic N) is 1. The molecule has 1 unspecified atom stereocenters. The number of carbonyl (C=O) groups is 2. The van der Waals surface area contributed by atoms with Crippen LogP contribution < -0.4 is 9.64 Å². The molecular formula is C22H16FNO5. The first-order valence-electron chi connectivity index (χ1n) is 8.75. The highest BCUT2D eigenvalue weighted by Gasteiger charge is 2.45. The number of halogens is 1. The Morgan fingerprint density at radius 1 is 1.14 bits per heavy atom. The van der Waals surface area contributed by atoms with E-state index >= 15 is 0 Å². The van der Waals surface area contributed by atoms with Gasteiger partial charge in [-0.2, -0.15) is 0 Å². The number of ether oxygens (including phenoxy) is 1. The van der Waals surface area contributed by atoms with Gasteiger partial charge in [0.15, 0.2) is 11.5 Å². The van der Waals surface area contributed by atoms with E-state index in [-0.39, 0.29) is 11.3 Å². The smallest absolute Gasteiger partial charge is 0.294 e. The lowest BCUT2D eigenvalue weighted by Gasteiger charge is -2.27. The van der Waals surface area contributed by atoms with E-state index in [4.69, 9.17) is 9.15 Å². The summed E-state index contributed by atoms with van der Waals surface area (Å²) in [5, 5.41) is 10.6. The van der Waals surface area contributed by atoms with E-state index < -0.39 is 29.3 Å². The second-order valence-corrected chi connectivity index (χ2v) is 6.40. The topological polar surface area (TPSA) is 80.0 Å². The quantitative estimate of drug-likeness (QED) is 0.657. The molecule has 0 saturated heterocycles. The molecule has 0 fully saturated rings. The summed E-state index contributed by atoms with van der Waals surface area (Å²) in [6.45, 7) is 0. The monoisotopic (exact) mass is 393 g/mol. The van der Waals surface area contributed by atoms with Crippen LogP contribution >= 0.6 is 0 Å². The predicted octanol–water partition coefficient (Wildman–Crippen LogP) is 4.21. The molecule has 1 aliphatic heterocycles. The Morgan fingerprint density at radius 3 is 2.55 bits per heavy atom. The zero-order valence-corrected chi connectivity index (χ0v) is 15.3. The molecule has 29 heavy (non-hydrogen) atoms. The maximum absolute atomic E-state index is 13.5. The molecule has 0 spiro atoms. The van der Waals surface area contributed by atoms with E-state index in [1.807, 2.05) is 0 Å². The maximum atomic E-state index is 13.5. The van der Waals surface area contributed by atoms with Crippen LogP contribution in [-0.2, 0) is 4.79 Å². The van der Waals surface area contributed by atoms with Crippen LogP contribution in [0.15, 0.2) is 82.7 Å². The number of hydrogen-bond acceptors (Lipinski definition) is 5. The Balaban J connectivity index is 1.88. The number of carbonyl (C=O) groups excluding carboxylic acids is 2. The van der Waals surface area contributed by atoms with Gasteiger partial charge in [-0.05, 0) is 42.0 Å². The van der Waals surface area contributed by atoms with Gasteiger partial charge in [-0.1, -0.05) is 18.2 Å². The molecule has 2 heterocycles. The Hall–Kier alpha value is -3.87. The van der Waals surface area contributed by atoms with Crippen molar-refractivity contribution < 1.29 is 28.2 Å². The van der Waals surface area contributed by atoms with Crippen LogP contribution in [0.3, 0.4) is 0 Å². The van der Waals surface area contributed by atoms with Crippen LogP contribution in [0, 0.1) is 5.82 Å². The summed E-state index contributed by atoms with van der Waals surface area (Å²) in [7, 11) is 1.49. The Morgan fingerprint density at radius 2 is 1.90 bits per heavy atom. The second-order valence-electron chi connectivity index (χ2n) is 6.40. The van der Waals surface area contributed by atoms with Crippen LogP contribution in [0.1, 0.15) is 22.2 Å². The standard InChI is InChI=1S/C22H16FNO5/c1-28-16-5-2-4-15(12-16)24-19(13-7-9-14(23)10-8-13)18(21(26)22(24)27)20(25)17-6-3-11-29-17/h2-12,19,26H,1H3. The zero-order valence-electron chi connectivity index (χ0n) is 15.3. The maximum Gasteiger partial charge on any atom is 0.294 e. The van der Waals surface area contributed by atoms with Gasteiger partial charge < -0.3 is 14.3 Å². The number of rotatable bonds is 5. The summed E-state index contributed by atoms with van der Waals surface area (Å²) >= 11 is 0. The van der Waals surface area contributed by atoms with Gasteiger partial charge in [-0.15, -0.1) is 0 Å². The average molecular weight is 393 g/mol. The molecule has 7 heteroatoms. The van der Waals surface area contributed by atoms with Crippen molar-refractivity contribution in [2.24, 2.45) is 0 Å². The molecular weight excluding hydrogens is 377 g/mol. The van der Waals surface area contributed by atoms with E-state index in [1.54, 1.807) is 24.3 Å². The summed E-state index contributed by atoms with van der Waals surface area (Å²) in [6.07, 6.45) is 1.33. The SMILES string of the molecule is COc1cccc(N2C(=O)C(O)=C(C(=O)c3ccco3)C2c2ccc(F)cc2)c1. The number of benzene rings is 2. The van der Waals surface area contributed by atoms with Gasteiger partial charge in [0, 0.05) is 11.8 Å². The van der Waals surface area contributed by atoms with Gasteiger partial charge in [0.05, 0.1) is 25.0 Å². The van der Waals surface area contributed by atoms with Crippen LogP contribution in [-0.4, -0.2) is 23.9 Å². The molecule has 1 amide bonds. The third kappa shape index (κ3) is 3.16. The first-order chi connectivity index (χ1) is 14.0. The highest BCUT2D eigenvalue weighted by atomic mass is 19.1. The number of furan rings is 1. The number of anilines is 1. The van der Waals surface area contributed by atoms with Crippen LogP contribution in [0.2, 0.25) is 0 Å². The largest absolute Gasteiger partial charge is 0.503 e. The Bertz CT molecular complexity index is 1100. The number of amides is 1. The van der Waals surface area contributed by atoms with Crippen molar-refractivity contribution in [2.75, 3.05) is 12.0 Å². The molecule has 4 rings (SSSR count). The molecule has 6 nitrogen and oxygen atoms in total. The first-order valence-corrected chi connectivity index (χ1v) is 8.75. The van der Waals surface area contributed by atoms with Gasteiger partial charge in [0.2, 0.25) is 5.78 Å². The lowest BCUT2D eigenvalue weighted by Crippen LogP contribution is -2.31. The van der Waals surface area contributed by atoms with E-state index in [0.29, 0.717) is 17.0 Å². The molecule has 1 N–H and O–H groups in total. The molecule has 0 radical (unpaired) electrons. The number of aliphatic hydroxyl groups is 1. The van der Waals surface area contributed by atoms with Crippen molar-refractivity contribution >= 4 is 17.4 Å². The fraction of sp³-hybridized carbons (Fsp3) is 0.0909. The zero-order chi connectivity index (χ0) is 20.5. The van der Waals surface area contributed by atoms with E-state index in [1.165, 1.54) is 54.7 Å². The average Bonchev–Trinajstić information content (AvgIpc) is 3.36. The molecule has 3 aromatic rings. The highest BCUT2D eigenvalue weighted by molar-refractivity contribution is 6.20. The minimum Gasteiger partial charge on any atom is -0.503 e. The lowest BCUT2D eigenvalue weighted by atomic mass is 9.95. The summed E-state index contributed by atoms with van der Waals surface area (Å²) in [4.78, 5) is 27.3. The van der Waals surface area contributed by atoms with Crippen molar-refractivity contribution in [1.29, 1.82) is 0 Å². The fourth-order valence-corrected chi connectivity index (χ4v) is 3.36. The third-order valence-corrected chi connectivity index (χ3v) is 4.71. The minimum atomic E-state index is -0.965. The summed E-state index contributed by atoms with van der Waals surface area (Å²) in [6, 6.07) is 14.1. The molecule has 0 saturated carbocycles. The molecule has 1 aromatic heterocycles. The number of ketones is 1. The van der Waals surface area contributed by atoms with Crippen molar-refractivity contribution in [1.82, 2.24) is 0 Å². The highest BCUT2D eigenvalue weighted by Crippen LogP contribution is 2.42. The van der Waals surface area contributed by atoms with Crippen molar-refractivity contribution in [3.63, 3.8) is 0 Å². The predicted molar refractivity (Wildman–Crippen MR) is 102 cm³/mol. The first kappa shape index (κ1) is 18.5. The van der Waals surface area contributed by atoms with E-state index in [0.717, 1.165) is 0 Å². The van der Waals surface area contributed by atoms with Gasteiger partial charge in [-0.3, -0.25) is 14.5 Å². The molecule has 1 aliphatic rings. The Labute approximate surface area is 165 Å². The molecule has 146 valence electrons. The van der Waals surface area contributed by atoms with Gasteiger partial charge in [-0.25, -0.2) is 4.39 Å². The molecule has 0 bridgehead atoms. The van der Waals surface area contributed by atoms with E-state index in [2.05, 4.69) is 0 Å². The lowest BCUT2D eigenvalue weighted by molar-refractivity contribution is -0.117. The number of aliphatic hydroxyl groups excluding tert-OH is 1. The molecule has 1 atom stereocenters. The van der Waals surface area contributed by atoms with Gasteiger partial charge in [0.1, 0.15) is 11.6 Å².